The summed E-state index contributed by atoms with van der Waals surface area (Å²) in [5.41, 5.74) is 1.55. The smallest absolute Gasteiger partial charge is 0.266 e. The fraction of sp³-hybridized carbons (Fsp3) is 0.182. The number of hydrogen-bond acceptors (Lipinski definition) is 3. The quantitative estimate of drug-likeness (QED) is 0.595. The minimum atomic E-state index is -0.481. The van der Waals surface area contributed by atoms with Gasteiger partial charge in [-0.3, -0.25) is 13.9 Å². The lowest BCUT2D eigenvalue weighted by Gasteiger charge is -2.31. The third kappa shape index (κ3) is 2.84. The molecule has 0 aliphatic carbocycles. The summed E-state index contributed by atoms with van der Waals surface area (Å²) in [5.74, 6) is 1.25. The Balaban J connectivity index is 2.18. The monoisotopic (exact) mass is 376 g/mol. The van der Waals surface area contributed by atoms with Crippen molar-refractivity contribution < 1.29 is 4.74 Å². The van der Waals surface area contributed by atoms with E-state index >= 15 is 0 Å². The van der Waals surface area contributed by atoms with Gasteiger partial charge >= 0.3 is 0 Å². The maximum absolute atomic E-state index is 13.5. The molecule has 0 atom stereocenters. The second kappa shape index (κ2) is 6.35. The number of para-hydroxylation sites is 2. The summed E-state index contributed by atoms with van der Waals surface area (Å²) in [4.78, 5) is 13.5. The maximum atomic E-state index is 13.5. The first kappa shape index (κ1) is 17.5. The topological polar surface area (TPSA) is 36.2 Å². The molecule has 0 N–H and O–H groups in total. The summed E-state index contributed by atoms with van der Waals surface area (Å²) in [6.07, 6.45) is 1.98. The van der Waals surface area contributed by atoms with Gasteiger partial charge in [0.2, 0.25) is 5.88 Å². The molecule has 0 spiro atoms. The first-order valence-electron chi connectivity index (χ1n) is 8.81. The van der Waals surface area contributed by atoms with Crippen LogP contribution in [0.3, 0.4) is 0 Å². The second-order valence-electron chi connectivity index (χ2n) is 7.19. The number of benzene rings is 2. The third-order valence-corrected chi connectivity index (χ3v) is 5.08. The number of allylic oxidation sites excluding steroid dienone is 2. The molecule has 0 saturated carbocycles. The van der Waals surface area contributed by atoms with Crippen LogP contribution in [0.25, 0.3) is 11.4 Å². The highest BCUT2D eigenvalue weighted by Gasteiger charge is 2.34. The summed E-state index contributed by atoms with van der Waals surface area (Å²) >= 11 is 5.77. The molecular weight excluding hydrogens is 356 g/mol. The average Bonchev–Trinajstić information content (AvgIpc) is 2.62. The van der Waals surface area contributed by atoms with Gasteiger partial charge in [0.05, 0.1) is 22.7 Å². The maximum Gasteiger partial charge on any atom is 0.266 e. The van der Waals surface area contributed by atoms with Gasteiger partial charge < -0.3 is 4.74 Å². The Labute approximate surface area is 163 Å². The molecule has 2 heterocycles. The van der Waals surface area contributed by atoms with Crippen molar-refractivity contribution in [2.75, 3.05) is 0 Å². The summed E-state index contributed by atoms with van der Waals surface area (Å²) in [6, 6.07) is 19.2. The van der Waals surface area contributed by atoms with E-state index in [-0.39, 0.29) is 5.56 Å². The summed E-state index contributed by atoms with van der Waals surface area (Å²) in [5, 5.41) is 0. The van der Waals surface area contributed by atoms with Crippen molar-refractivity contribution >= 4 is 12.2 Å². The molecule has 5 heteroatoms. The van der Waals surface area contributed by atoms with Gasteiger partial charge in [0.1, 0.15) is 0 Å². The first-order chi connectivity index (χ1) is 12.9. The normalized spacial score (nSPS) is 14.9. The van der Waals surface area contributed by atoms with Crippen LogP contribution in [0.5, 0.6) is 5.88 Å². The second-order valence-corrected chi connectivity index (χ2v) is 7.55. The SMILES string of the molecule is CC1=CC(C)(C)c2c(n(-c3ccccc3)c(=S)n(-c3ccccc3)c2=O)O1. The van der Waals surface area contributed by atoms with Gasteiger partial charge in [-0.25, -0.2) is 0 Å². The number of nitrogens with zero attached hydrogens (tertiary/aromatic N) is 2. The van der Waals surface area contributed by atoms with E-state index < -0.39 is 5.41 Å². The van der Waals surface area contributed by atoms with Gasteiger partial charge in [-0.1, -0.05) is 50.2 Å². The zero-order valence-corrected chi connectivity index (χ0v) is 16.3. The molecule has 0 saturated heterocycles. The predicted octanol–water partition coefficient (Wildman–Crippen LogP) is 4.93. The van der Waals surface area contributed by atoms with E-state index in [9.17, 15) is 4.79 Å². The van der Waals surface area contributed by atoms with Gasteiger partial charge in [0.25, 0.3) is 5.56 Å². The largest absolute Gasteiger partial charge is 0.445 e. The fourth-order valence-electron chi connectivity index (χ4n) is 3.61. The predicted molar refractivity (Wildman–Crippen MR) is 110 cm³/mol. The van der Waals surface area contributed by atoms with Crippen LogP contribution in [0.4, 0.5) is 0 Å². The lowest BCUT2D eigenvalue weighted by atomic mass is 9.83. The number of fused-ring (bicyclic) bond motifs is 1. The summed E-state index contributed by atoms with van der Waals surface area (Å²) < 4.78 is 9.85. The molecule has 0 radical (unpaired) electrons. The van der Waals surface area contributed by atoms with Gasteiger partial charge in [0, 0.05) is 5.41 Å². The van der Waals surface area contributed by atoms with E-state index in [4.69, 9.17) is 17.0 Å². The van der Waals surface area contributed by atoms with Crippen LogP contribution in [0.2, 0.25) is 0 Å². The van der Waals surface area contributed by atoms with Crippen LogP contribution >= 0.6 is 12.2 Å². The Bertz CT molecular complexity index is 1160. The van der Waals surface area contributed by atoms with Gasteiger partial charge in [-0.15, -0.1) is 0 Å². The van der Waals surface area contributed by atoms with E-state index in [1.165, 1.54) is 0 Å². The van der Waals surface area contributed by atoms with Gasteiger partial charge in [-0.05, 0) is 49.5 Å². The van der Waals surface area contributed by atoms with E-state index in [2.05, 4.69) is 0 Å². The third-order valence-electron chi connectivity index (χ3n) is 4.71. The molecule has 1 aromatic heterocycles. The number of rotatable bonds is 2. The average molecular weight is 376 g/mol. The molecule has 0 bridgehead atoms. The molecule has 3 aromatic rings. The molecule has 2 aromatic carbocycles. The molecule has 4 nitrogen and oxygen atoms in total. The van der Waals surface area contributed by atoms with Crippen molar-refractivity contribution in [2.45, 2.75) is 26.2 Å². The molecule has 0 fully saturated rings. The van der Waals surface area contributed by atoms with E-state index in [0.717, 1.165) is 17.1 Å². The fourth-order valence-corrected chi connectivity index (χ4v) is 3.99. The van der Waals surface area contributed by atoms with Crippen molar-refractivity contribution in [1.82, 2.24) is 9.13 Å². The molecule has 0 unspecified atom stereocenters. The van der Waals surface area contributed by atoms with E-state index in [0.29, 0.717) is 16.2 Å². The molecular formula is C22H20N2O2S. The van der Waals surface area contributed by atoms with Crippen molar-refractivity contribution in [2.24, 2.45) is 0 Å². The van der Waals surface area contributed by atoms with Crippen LogP contribution in [-0.2, 0) is 5.41 Å². The molecule has 27 heavy (non-hydrogen) atoms. The molecule has 0 amide bonds. The highest BCUT2D eigenvalue weighted by molar-refractivity contribution is 7.71. The Morgan fingerprint density at radius 3 is 1.96 bits per heavy atom. The number of hydrogen-bond donors (Lipinski definition) is 0. The van der Waals surface area contributed by atoms with Crippen LogP contribution < -0.4 is 10.3 Å². The lowest BCUT2D eigenvalue weighted by Crippen LogP contribution is -2.37. The number of aromatic nitrogens is 2. The van der Waals surface area contributed by atoms with Gasteiger partial charge in [0.15, 0.2) is 4.77 Å². The zero-order chi connectivity index (χ0) is 19.2. The van der Waals surface area contributed by atoms with Crippen molar-refractivity contribution in [3.8, 4) is 17.3 Å². The van der Waals surface area contributed by atoms with Crippen molar-refractivity contribution in [1.29, 1.82) is 0 Å². The molecule has 136 valence electrons. The molecule has 1 aliphatic rings. The van der Waals surface area contributed by atoms with Crippen LogP contribution in [0, 0.1) is 4.77 Å². The van der Waals surface area contributed by atoms with Crippen LogP contribution in [-0.4, -0.2) is 9.13 Å². The summed E-state index contributed by atoms with van der Waals surface area (Å²) in [7, 11) is 0. The zero-order valence-electron chi connectivity index (χ0n) is 15.5. The Morgan fingerprint density at radius 1 is 0.889 bits per heavy atom. The van der Waals surface area contributed by atoms with Crippen molar-refractivity contribution in [3.05, 3.63) is 93.2 Å². The minimum Gasteiger partial charge on any atom is -0.445 e. The van der Waals surface area contributed by atoms with E-state index in [1.54, 1.807) is 4.57 Å². The Hall–Kier alpha value is -2.92. The minimum absolute atomic E-state index is 0.151. The molecule has 4 rings (SSSR count). The van der Waals surface area contributed by atoms with Crippen LogP contribution in [0.1, 0.15) is 26.3 Å². The van der Waals surface area contributed by atoms with Gasteiger partial charge in [-0.2, -0.15) is 0 Å². The lowest BCUT2D eigenvalue weighted by molar-refractivity contribution is 0.351. The Kier molecular flexibility index (Phi) is 4.12. The highest BCUT2D eigenvalue weighted by atomic mass is 32.1. The van der Waals surface area contributed by atoms with E-state index in [1.807, 2.05) is 92.1 Å². The molecule has 1 aliphatic heterocycles. The highest BCUT2D eigenvalue weighted by Crippen LogP contribution is 2.38. The first-order valence-corrected chi connectivity index (χ1v) is 9.22. The Morgan fingerprint density at radius 2 is 1.41 bits per heavy atom. The van der Waals surface area contributed by atoms with Crippen molar-refractivity contribution in [3.63, 3.8) is 0 Å². The number of ether oxygens (including phenoxy) is 1. The summed E-state index contributed by atoms with van der Waals surface area (Å²) in [6.45, 7) is 5.94. The standard InChI is InChI=1S/C22H20N2O2S/c1-15-14-22(2,3)18-19(25)23(16-10-6-4-7-11-16)21(27)24(20(18)26-15)17-12-8-5-9-13-17/h4-14H,1-3H3. The van der Waals surface area contributed by atoms with Crippen LogP contribution in [0.15, 0.2) is 77.3 Å².